The number of rotatable bonds is 3. The van der Waals surface area contributed by atoms with Crippen molar-refractivity contribution in [1.29, 1.82) is 0 Å². The van der Waals surface area contributed by atoms with Crippen LogP contribution in [0.25, 0.3) is 0 Å². The van der Waals surface area contributed by atoms with E-state index in [0.717, 1.165) is 0 Å². The Morgan fingerprint density at radius 1 is 1.64 bits per heavy atom. The topological polar surface area (TPSA) is 67.8 Å². The molecule has 0 atom stereocenters. The number of ether oxygens (including phenoxy) is 1. The number of nitrogens with zero attached hydrogens (tertiary/aromatic N) is 1. The number of nitrogens with two attached hydrogens (primary N) is 1. The first-order valence-electron chi connectivity index (χ1n) is 4.07. The molecule has 0 aliphatic carbocycles. The van der Waals surface area contributed by atoms with E-state index in [4.69, 9.17) is 22.2 Å². The minimum Gasteiger partial charge on any atom is -0.504 e. The molecular weight excluding hydrogens is 204 g/mol. The minimum atomic E-state index is 0.00558. The highest BCUT2D eigenvalue weighted by Crippen LogP contribution is 2.31. The van der Waals surface area contributed by atoms with Gasteiger partial charge in [-0.1, -0.05) is 11.6 Å². The van der Waals surface area contributed by atoms with Gasteiger partial charge in [-0.05, 0) is 13.0 Å². The molecule has 0 aliphatic heterocycles. The molecule has 0 bridgehead atoms. The minimum absolute atomic E-state index is 0.00558. The van der Waals surface area contributed by atoms with E-state index < -0.39 is 0 Å². The maximum absolute atomic E-state index is 9.43. The van der Waals surface area contributed by atoms with Crippen LogP contribution in [0.15, 0.2) is 17.2 Å². The zero-order valence-electron chi connectivity index (χ0n) is 7.70. The van der Waals surface area contributed by atoms with Crippen molar-refractivity contribution in [2.45, 2.75) is 6.92 Å². The normalized spacial score (nSPS) is 10.7. The van der Waals surface area contributed by atoms with E-state index in [2.05, 4.69) is 5.10 Å². The second-order valence-corrected chi connectivity index (χ2v) is 2.96. The fraction of sp³-hybridized carbons (Fsp3) is 0.222. The molecule has 3 N–H and O–H groups in total. The van der Waals surface area contributed by atoms with Gasteiger partial charge in [0.15, 0.2) is 11.5 Å². The predicted molar refractivity (Wildman–Crippen MR) is 56.1 cm³/mol. The summed E-state index contributed by atoms with van der Waals surface area (Å²) in [7, 11) is 0. The van der Waals surface area contributed by atoms with Crippen molar-refractivity contribution >= 4 is 17.8 Å². The summed E-state index contributed by atoms with van der Waals surface area (Å²) in [5.74, 6) is 5.37. The second kappa shape index (κ2) is 4.72. The van der Waals surface area contributed by atoms with Crippen molar-refractivity contribution in [1.82, 2.24) is 0 Å². The van der Waals surface area contributed by atoms with Crippen molar-refractivity contribution in [3.8, 4) is 11.5 Å². The lowest BCUT2D eigenvalue weighted by Gasteiger charge is -2.07. The molecular formula is C9H11ClN2O2. The molecule has 0 aliphatic rings. The van der Waals surface area contributed by atoms with Gasteiger partial charge in [-0.2, -0.15) is 5.10 Å². The van der Waals surface area contributed by atoms with E-state index >= 15 is 0 Å². The number of phenols is 1. The van der Waals surface area contributed by atoms with Crippen molar-refractivity contribution in [2.75, 3.05) is 6.61 Å². The predicted octanol–water partition coefficient (Wildman–Crippen LogP) is 1.74. The highest BCUT2D eigenvalue weighted by atomic mass is 35.5. The Bertz CT molecular complexity index is 353. The summed E-state index contributed by atoms with van der Waals surface area (Å²) in [6.45, 7) is 2.29. The largest absolute Gasteiger partial charge is 0.504 e. The molecule has 0 amide bonds. The second-order valence-electron chi connectivity index (χ2n) is 2.55. The van der Waals surface area contributed by atoms with Crippen LogP contribution in [0.1, 0.15) is 12.5 Å². The SMILES string of the molecule is CCOc1cc(C=NN)c(Cl)cc1O. The number of phenolic OH excluding ortho intramolecular Hbond substituents is 1. The summed E-state index contributed by atoms with van der Waals surface area (Å²) in [4.78, 5) is 0. The molecule has 0 unspecified atom stereocenters. The third-order valence-electron chi connectivity index (χ3n) is 1.59. The van der Waals surface area contributed by atoms with Crippen LogP contribution in [0, 0.1) is 0 Å². The van der Waals surface area contributed by atoms with Crippen LogP contribution in [0.5, 0.6) is 11.5 Å². The molecule has 4 nitrogen and oxygen atoms in total. The lowest BCUT2D eigenvalue weighted by molar-refractivity contribution is 0.318. The summed E-state index contributed by atoms with van der Waals surface area (Å²) in [5.41, 5.74) is 0.607. The number of halogens is 1. The van der Waals surface area contributed by atoms with Crippen molar-refractivity contribution < 1.29 is 9.84 Å². The zero-order valence-corrected chi connectivity index (χ0v) is 8.45. The van der Waals surface area contributed by atoms with Crippen molar-refractivity contribution in [2.24, 2.45) is 10.9 Å². The molecule has 5 heteroatoms. The molecule has 0 radical (unpaired) electrons. The van der Waals surface area contributed by atoms with Gasteiger partial charge in [-0.25, -0.2) is 0 Å². The molecule has 0 saturated heterocycles. The first kappa shape index (κ1) is 10.7. The van der Waals surface area contributed by atoms with Gasteiger partial charge in [0.25, 0.3) is 0 Å². The summed E-state index contributed by atoms with van der Waals surface area (Å²) in [6, 6.07) is 2.97. The standard InChI is InChI=1S/C9H11ClN2O2/c1-2-14-9-3-6(5-12-11)7(10)4-8(9)13/h3-5,13H,2,11H2,1H3. The third-order valence-corrected chi connectivity index (χ3v) is 1.92. The molecule has 14 heavy (non-hydrogen) atoms. The molecule has 0 heterocycles. The van der Waals surface area contributed by atoms with E-state index in [1.165, 1.54) is 12.3 Å². The van der Waals surface area contributed by atoms with Crippen LogP contribution >= 0.6 is 11.6 Å². The Kier molecular flexibility index (Phi) is 3.59. The number of aromatic hydroxyl groups is 1. The average Bonchev–Trinajstić information content (AvgIpc) is 2.14. The van der Waals surface area contributed by atoms with Crippen LogP contribution < -0.4 is 10.6 Å². The van der Waals surface area contributed by atoms with Gasteiger partial charge in [0.05, 0.1) is 17.8 Å². The van der Waals surface area contributed by atoms with Gasteiger partial charge in [0, 0.05) is 11.6 Å². The third kappa shape index (κ3) is 2.29. The quantitative estimate of drug-likeness (QED) is 0.458. The number of hydrazone groups is 1. The Hall–Kier alpha value is -1.42. The molecule has 1 aromatic rings. The molecule has 0 fully saturated rings. The van der Waals surface area contributed by atoms with Crippen LogP contribution in [-0.4, -0.2) is 17.9 Å². The van der Waals surface area contributed by atoms with Crippen LogP contribution in [0.3, 0.4) is 0 Å². The number of benzene rings is 1. The van der Waals surface area contributed by atoms with Gasteiger partial charge in [0.2, 0.25) is 0 Å². The van der Waals surface area contributed by atoms with Crippen LogP contribution in [0.4, 0.5) is 0 Å². The highest BCUT2D eigenvalue weighted by Gasteiger charge is 2.07. The summed E-state index contributed by atoms with van der Waals surface area (Å²) in [6.07, 6.45) is 1.39. The maximum Gasteiger partial charge on any atom is 0.161 e. The fourth-order valence-electron chi connectivity index (χ4n) is 1.01. The Morgan fingerprint density at radius 3 is 2.93 bits per heavy atom. The lowest BCUT2D eigenvalue weighted by Crippen LogP contribution is -1.94. The smallest absolute Gasteiger partial charge is 0.161 e. The van der Waals surface area contributed by atoms with E-state index in [1.54, 1.807) is 6.07 Å². The lowest BCUT2D eigenvalue weighted by atomic mass is 10.2. The van der Waals surface area contributed by atoms with Gasteiger partial charge in [-0.15, -0.1) is 0 Å². The molecule has 76 valence electrons. The molecule has 0 spiro atoms. The van der Waals surface area contributed by atoms with Crippen molar-refractivity contribution in [3.63, 3.8) is 0 Å². The van der Waals surface area contributed by atoms with Gasteiger partial charge >= 0.3 is 0 Å². The maximum atomic E-state index is 9.43. The molecule has 0 saturated carbocycles. The summed E-state index contributed by atoms with van der Waals surface area (Å²) >= 11 is 5.82. The molecule has 0 aromatic heterocycles. The van der Waals surface area contributed by atoms with Gasteiger partial charge < -0.3 is 15.7 Å². The van der Waals surface area contributed by atoms with E-state index in [-0.39, 0.29) is 5.75 Å². The number of hydrogen-bond acceptors (Lipinski definition) is 4. The Morgan fingerprint density at radius 2 is 2.36 bits per heavy atom. The monoisotopic (exact) mass is 214 g/mol. The average molecular weight is 215 g/mol. The molecule has 1 rings (SSSR count). The van der Waals surface area contributed by atoms with E-state index in [9.17, 15) is 5.11 Å². The van der Waals surface area contributed by atoms with Gasteiger partial charge in [0.1, 0.15) is 0 Å². The van der Waals surface area contributed by atoms with Crippen molar-refractivity contribution in [3.05, 3.63) is 22.7 Å². The van der Waals surface area contributed by atoms with Crippen LogP contribution in [0.2, 0.25) is 5.02 Å². The number of hydrogen-bond donors (Lipinski definition) is 2. The van der Waals surface area contributed by atoms with Crippen LogP contribution in [-0.2, 0) is 0 Å². The van der Waals surface area contributed by atoms with E-state index in [0.29, 0.717) is 22.9 Å². The molecule has 1 aromatic carbocycles. The summed E-state index contributed by atoms with van der Waals surface area (Å²) < 4.78 is 5.17. The Balaban J connectivity index is 3.13. The highest BCUT2D eigenvalue weighted by molar-refractivity contribution is 6.33. The summed E-state index contributed by atoms with van der Waals surface area (Å²) in [5, 5.41) is 13.2. The van der Waals surface area contributed by atoms with E-state index in [1.807, 2.05) is 6.92 Å². The zero-order chi connectivity index (χ0) is 10.6. The Labute approximate surface area is 86.9 Å². The van der Waals surface area contributed by atoms with Gasteiger partial charge in [-0.3, -0.25) is 0 Å². The first-order valence-corrected chi connectivity index (χ1v) is 4.45. The fourth-order valence-corrected chi connectivity index (χ4v) is 1.22. The first-order chi connectivity index (χ1) is 6.69.